The Morgan fingerprint density at radius 2 is 0.786 bits per heavy atom. The van der Waals surface area contributed by atoms with Crippen LogP contribution in [0.5, 0.6) is 0 Å². The molecule has 0 fully saturated rings. The number of carbonyl (C=O) groups excluding carboxylic acids is 1. The van der Waals surface area contributed by atoms with Gasteiger partial charge in [0.1, 0.15) is 0 Å². The molecule has 0 atom stereocenters. The average Bonchev–Trinajstić information content (AvgIpc) is 1.19. The van der Waals surface area contributed by atoms with Gasteiger partial charge in [0.25, 0.3) is 0 Å². The monoisotopic (exact) mass is 190 g/mol. The molecule has 13 heteroatoms. The third-order valence-electron chi connectivity index (χ3n) is 0. The summed E-state index contributed by atoms with van der Waals surface area (Å²) in [5.41, 5.74) is 0. The molecule has 0 aliphatic carbocycles. The summed E-state index contributed by atoms with van der Waals surface area (Å²) < 4.78 is 8.55. The molecule has 0 rings (SSSR count). The summed E-state index contributed by atoms with van der Waals surface area (Å²) in [6.45, 7) is 0. The first-order chi connectivity index (χ1) is 3.73. The van der Waals surface area contributed by atoms with Crippen LogP contribution in [0.1, 0.15) is 0 Å². The van der Waals surface area contributed by atoms with Gasteiger partial charge in [-0.1, -0.05) is 0 Å². The van der Waals surface area contributed by atoms with Gasteiger partial charge in [0.2, 0.25) is 0 Å². The molecule has 0 aromatic heterocycles. The van der Waals surface area contributed by atoms with Crippen LogP contribution in [0.3, 0.4) is 0 Å². The van der Waals surface area contributed by atoms with Crippen molar-refractivity contribution in [1.82, 2.24) is 0 Å². The van der Waals surface area contributed by atoms with Crippen molar-refractivity contribution in [2.24, 2.45) is 0 Å². The summed E-state index contributed by atoms with van der Waals surface area (Å²) in [6, 6.07) is 0. The summed E-state index contributed by atoms with van der Waals surface area (Å²) >= 11 is 0. The van der Waals surface area contributed by atoms with Crippen molar-refractivity contribution in [2.75, 3.05) is 0 Å². The Morgan fingerprint density at radius 3 is 0.786 bits per heavy atom. The smallest absolute Gasteiger partial charge is 0.822 e. The summed E-state index contributed by atoms with van der Waals surface area (Å²) in [7, 11) is -5.39. The molecular formula is CLi5O7P. The maximum absolute atomic E-state index is 8.55. The second kappa shape index (κ2) is 24.5. The van der Waals surface area contributed by atoms with Crippen LogP contribution in [-0.4, -0.2) is 6.16 Å². The van der Waals surface area contributed by atoms with Gasteiger partial charge in [0.15, 0.2) is 0 Å². The Balaban J connectivity index is -0.0000000104. The Bertz CT molecular complexity index is 122. The van der Waals surface area contributed by atoms with E-state index >= 15 is 0 Å². The van der Waals surface area contributed by atoms with Gasteiger partial charge < -0.3 is 34.3 Å². The molecule has 0 amide bonds. The molecule has 14 heavy (non-hydrogen) atoms. The molecule has 0 N–H and O–H groups in total. The Morgan fingerprint density at radius 1 is 0.786 bits per heavy atom. The van der Waals surface area contributed by atoms with Crippen molar-refractivity contribution in [3.63, 3.8) is 0 Å². The molecule has 0 aliphatic heterocycles. The van der Waals surface area contributed by atoms with Crippen LogP contribution < -0.4 is 119 Å². The van der Waals surface area contributed by atoms with Crippen molar-refractivity contribution in [1.29, 1.82) is 0 Å². The zero-order valence-electron chi connectivity index (χ0n) is 8.80. The number of hydrogen-bond acceptors (Lipinski definition) is 7. The fourth-order valence-electron chi connectivity index (χ4n) is 0. The molecular weight excluding hydrogens is 190 g/mol. The molecule has 0 aromatic rings. The van der Waals surface area contributed by atoms with Crippen LogP contribution in [0.15, 0.2) is 0 Å². The van der Waals surface area contributed by atoms with E-state index in [1.165, 1.54) is 0 Å². The van der Waals surface area contributed by atoms with Crippen LogP contribution in [0.4, 0.5) is 4.79 Å². The maximum Gasteiger partial charge on any atom is 1.00 e. The standard InChI is InChI=1S/CH2O3.5Li.H3O4P/c2-1(3)4;;;;;;1-5(2,3)4/h(H2,2,3,4);;;;;;(H3,1,2,3,4)/q;5*+1;/p-5. The predicted molar refractivity (Wildman–Crippen MR) is 13.0 cm³/mol. The van der Waals surface area contributed by atoms with Crippen molar-refractivity contribution in [3.8, 4) is 0 Å². The van der Waals surface area contributed by atoms with E-state index in [1.807, 2.05) is 0 Å². The van der Waals surface area contributed by atoms with Crippen LogP contribution in [-0.2, 0) is 4.57 Å². The van der Waals surface area contributed by atoms with Crippen molar-refractivity contribution < 1.29 is 129 Å². The minimum Gasteiger partial charge on any atom is -0.822 e. The third kappa shape index (κ3) is 458. The van der Waals surface area contributed by atoms with E-state index in [9.17, 15) is 0 Å². The van der Waals surface area contributed by atoms with Gasteiger partial charge in [0.05, 0.1) is 0 Å². The van der Waals surface area contributed by atoms with E-state index in [1.54, 1.807) is 0 Å². The number of carbonyl (C=O) groups is 1. The number of hydrogen-bond donors (Lipinski definition) is 0. The Kier molecular flexibility index (Phi) is 77.2. The molecule has 0 saturated carbocycles. The summed E-state index contributed by atoms with van der Waals surface area (Å²) in [6.07, 6.45) is -2.33. The second-order valence-electron chi connectivity index (χ2n) is 0.697. The fraction of sp³-hybridized carbons (Fsp3) is 0. The fourth-order valence-corrected chi connectivity index (χ4v) is 0. The molecule has 0 aromatic carbocycles. The Hall–Kier alpha value is 2.37. The summed E-state index contributed by atoms with van der Waals surface area (Å²) in [5, 5.41) is 16.7. The molecule has 0 spiro atoms. The first-order valence-electron chi connectivity index (χ1n) is 1.34. The van der Waals surface area contributed by atoms with E-state index in [2.05, 4.69) is 0 Å². The van der Waals surface area contributed by atoms with Gasteiger partial charge in [-0.2, -0.15) is 7.82 Å². The number of rotatable bonds is 0. The molecule has 56 valence electrons. The van der Waals surface area contributed by atoms with Crippen molar-refractivity contribution in [3.05, 3.63) is 0 Å². The zero-order valence-corrected chi connectivity index (χ0v) is 9.70. The second-order valence-corrected chi connectivity index (χ2v) is 1.59. The maximum atomic E-state index is 8.55. The third-order valence-corrected chi connectivity index (χ3v) is 0. The topological polar surface area (TPSA) is 149 Å². The molecule has 0 unspecified atom stereocenters. The SMILES string of the molecule is O=C([O-])[O-].O=P([O-])([O-])[O-].[Li+].[Li+].[Li+].[Li+].[Li+]. The first-order valence-corrected chi connectivity index (χ1v) is 2.80. The molecule has 0 saturated heterocycles. The van der Waals surface area contributed by atoms with Crippen LogP contribution >= 0.6 is 7.82 Å². The molecule has 7 nitrogen and oxygen atoms in total. The predicted octanol–water partition coefficient (Wildman–Crippen LogP) is -20.3. The largest absolute Gasteiger partial charge is 1.00 e. The quantitative estimate of drug-likeness (QED) is 0.271. The van der Waals surface area contributed by atoms with Gasteiger partial charge in [-0.3, -0.25) is 0 Å². The van der Waals surface area contributed by atoms with Gasteiger partial charge in [-0.15, -0.1) is 0 Å². The first kappa shape index (κ1) is 44.1. The Labute approximate surface area is 141 Å². The number of phosphoric acid groups is 1. The summed E-state index contributed by atoms with van der Waals surface area (Å²) in [5.74, 6) is 0. The van der Waals surface area contributed by atoms with Crippen molar-refractivity contribution in [2.45, 2.75) is 0 Å². The van der Waals surface area contributed by atoms with Gasteiger partial charge in [-0.05, 0) is 6.16 Å². The van der Waals surface area contributed by atoms with Gasteiger partial charge in [-0.25, -0.2) is 0 Å². The minimum atomic E-state index is -5.39. The van der Waals surface area contributed by atoms with Crippen LogP contribution in [0.25, 0.3) is 0 Å². The average molecular weight is 190 g/mol. The normalized spacial score (nSPS) is 5.93. The van der Waals surface area contributed by atoms with Crippen LogP contribution in [0.2, 0.25) is 0 Å². The molecule has 0 bridgehead atoms. The van der Waals surface area contributed by atoms with Gasteiger partial charge >= 0.3 is 94.3 Å². The van der Waals surface area contributed by atoms with Crippen LogP contribution in [0, 0.1) is 0 Å². The van der Waals surface area contributed by atoms with E-state index in [0.29, 0.717) is 0 Å². The molecule has 0 heterocycles. The zero-order chi connectivity index (χ0) is 8.08. The minimum absolute atomic E-state index is 0. The summed E-state index contributed by atoms with van der Waals surface area (Å²) in [4.78, 5) is 34.0. The molecule has 0 aliphatic rings. The van der Waals surface area contributed by atoms with E-state index in [-0.39, 0.29) is 94.3 Å². The van der Waals surface area contributed by atoms with Gasteiger partial charge in [0, 0.05) is 0 Å². The number of carboxylic acid groups (broad SMARTS) is 2. The molecule has 0 radical (unpaired) electrons. The van der Waals surface area contributed by atoms with E-state index in [0.717, 1.165) is 0 Å². The van der Waals surface area contributed by atoms with E-state index in [4.69, 9.17) is 34.3 Å². The van der Waals surface area contributed by atoms with E-state index < -0.39 is 14.0 Å². The van der Waals surface area contributed by atoms with Crippen molar-refractivity contribution >= 4 is 14.0 Å².